The van der Waals surface area contributed by atoms with Crippen LogP contribution in [0.1, 0.15) is 33.6 Å². The summed E-state index contributed by atoms with van der Waals surface area (Å²) in [5, 5.41) is 5.35. The first-order valence-electron chi connectivity index (χ1n) is 7.97. The lowest BCUT2D eigenvalue weighted by Crippen LogP contribution is -2.49. The molecule has 3 amide bonds. The summed E-state index contributed by atoms with van der Waals surface area (Å²) in [6.07, 6.45) is 0.915. The van der Waals surface area contributed by atoms with Gasteiger partial charge in [0.1, 0.15) is 0 Å². The monoisotopic (exact) mass is 363 g/mol. The maximum absolute atomic E-state index is 12.2. The van der Waals surface area contributed by atoms with Crippen LogP contribution in [0.3, 0.4) is 0 Å². The second kappa shape index (κ2) is 8.32. The molecule has 2 N–H and O–H groups in total. The fourth-order valence-electron chi connectivity index (χ4n) is 2.65. The summed E-state index contributed by atoms with van der Waals surface area (Å²) in [6, 6.07) is 3.43. The van der Waals surface area contributed by atoms with Crippen molar-refractivity contribution in [1.29, 1.82) is 0 Å². The number of rotatable bonds is 4. The molecule has 1 aliphatic rings. The highest BCUT2D eigenvalue weighted by molar-refractivity contribution is 5.99. The molecule has 1 saturated heterocycles. The zero-order valence-corrected chi connectivity index (χ0v) is 14.8. The van der Waals surface area contributed by atoms with E-state index in [0.717, 1.165) is 0 Å². The van der Waals surface area contributed by atoms with Gasteiger partial charge in [-0.25, -0.2) is 14.4 Å². The molecule has 0 aromatic heterocycles. The van der Waals surface area contributed by atoms with Crippen LogP contribution >= 0.6 is 0 Å². The van der Waals surface area contributed by atoms with E-state index in [-0.39, 0.29) is 28.8 Å². The molecule has 0 spiro atoms. The molecule has 1 aromatic rings. The van der Waals surface area contributed by atoms with E-state index >= 15 is 0 Å². The summed E-state index contributed by atoms with van der Waals surface area (Å²) < 4.78 is 9.30. The number of likely N-dealkylation sites (N-methyl/N-ethyl adjacent to an activating group) is 1. The number of hydrogen-bond acceptors (Lipinski definition) is 6. The summed E-state index contributed by atoms with van der Waals surface area (Å²) in [5.74, 6) is -1.25. The Kier molecular flexibility index (Phi) is 6.16. The van der Waals surface area contributed by atoms with E-state index in [1.807, 2.05) is 0 Å². The van der Waals surface area contributed by atoms with E-state index < -0.39 is 18.0 Å². The van der Waals surface area contributed by atoms with Crippen LogP contribution in [-0.2, 0) is 14.3 Å². The fourth-order valence-corrected chi connectivity index (χ4v) is 2.65. The fraction of sp³-hybridized carbons (Fsp3) is 0.412. The molecule has 9 nitrogen and oxygen atoms in total. The van der Waals surface area contributed by atoms with Crippen LogP contribution in [0.25, 0.3) is 0 Å². The molecule has 1 fully saturated rings. The Morgan fingerprint density at radius 2 is 1.65 bits per heavy atom. The van der Waals surface area contributed by atoms with Crippen molar-refractivity contribution in [3.63, 3.8) is 0 Å². The second-order valence-electron chi connectivity index (χ2n) is 5.89. The van der Waals surface area contributed by atoms with Crippen LogP contribution in [0.2, 0.25) is 0 Å². The van der Waals surface area contributed by atoms with Crippen LogP contribution in [0.15, 0.2) is 18.2 Å². The molecule has 0 bridgehead atoms. The number of nitrogens with zero attached hydrogens (tertiary/aromatic N) is 1. The van der Waals surface area contributed by atoms with E-state index in [4.69, 9.17) is 0 Å². The summed E-state index contributed by atoms with van der Waals surface area (Å²) in [5.41, 5.74) is 0.452. The van der Waals surface area contributed by atoms with Gasteiger partial charge in [0.2, 0.25) is 5.91 Å². The summed E-state index contributed by atoms with van der Waals surface area (Å²) >= 11 is 0. The number of esters is 2. The van der Waals surface area contributed by atoms with E-state index in [9.17, 15) is 19.2 Å². The van der Waals surface area contributed by atoms with Crippen molar-refractivity contribution in [2.24, 2.45) is 0 Å². The molecule has 1 aliphatic heterocycles. The molecule has 0 unspecified atom stereocenters. The number of benzene rings is 1. The van der Waals surface area contributed by atoms with Gasteiger partial charge in [0, 0.05) is 31.7 Å². The van der Waals surface area contributed by atoms with Gasteiger partial charge in [-0.3, -0.25) is 4.79 Å². The number of nitrogens with one attached hydrogen (secondary N) is 2. The Morgan fingerprint density at radius 1 is 1.08 bits per heavy atom. The highest BCUT2D eigenvalue weighted by atomic mass is 16.5. The normalized spacial score (nSPS) is 16.7. The Morgan fingerprint density at radius 3 is 2.15 bits per heavy atom. The van der Waals surface area contributed by atoms with Gasteiger partial charge in [-0.05, 0) is 24.6 Å². The highest BCUT2D eigenvalue weighted by Crippen LogP contribution is 2.17. The number of urea groups is 1. The summed E-state index contributed by atoms with van der Waals surface area (Å²) in [7, 11) is 4.11. The third-order valence-electron chi connectivity index (χ3n) is 3.99. The van der Waals surface area contributed by atoms with Gasteiger partial charge in [-0.2, -0.15) is 0 Å². The quantitative estimate of drug-likeness (QED) is 0.772. The van der Waals surface area contributed by atoms with Crippen LogP contribution in [0.4, 0.5) is 10.5 Å². The number of methoxy groups -OCH3 is 2. The Balaban J connectivity index is 2.11. The number of likely N-dealkylation sites (tertiary alicyclic amines) is 1. The molecular formula is C17H21N3O6. The molecule has 9 heteroatoms. The van der Waals surface area contributed by atoms with Crippen LogP contribution in [0.5, 0.6) is 0 Å². The van der Waals surface area contributed by atoms with Gasteiger partial charge < -0.3 is 25.0 Å². The maximum atomic E-state index is 12.2. The Bertz CT molecular complexity index is 699. The lowest BCUT2D eigenvalue weighted by atomic mass is 10.1. The third-order valence-corrected chi connectivity index (χ3v) is 3.99. The van der Waals surface area contributed by atoms with Crippen molar-refractivity contribution >= 4 is 29.6 Å². The lowest BCUT2D eigenvalue weighted by Gasteiger charge is -2.30. The first-order chi connectivity index (χ1) is 12.3. The smallest absolute Gasteiger partial charge is 0.337 e. The average molecular weight is 363 g/mol. The topological polar surface area (TPSA) is 114 Å². The number of anilines is 1. The van der Waals surface area contributed by atoms with Gasteiger partial charge in [0.15, 0.2) is 0 Å². The van der Waals surface area contributed by atoms with Gasteiger partial charge in [-0.1, -0.05) is 0 Å². The van der Waals surface area contributed by atoms with Crippen LogP contribution < -0.4 is 10.6 Å². The molecule has 2 rings (SSSR count). The number of ether oxygens (including phenoxy) is 2. The molecule has 1 heterocycles. The van der Waals surface area contributed by atoms with Crippen LogP contribution in [-0.4, -0.2) is 62.6 Å². The first-order valence-corrected chi connectivity index (χ1v) is 7.97. The standard InChI is InChI=1S/C17H21N3O6/c1-20-9-12(4-5-14(20)21)18-17(24)19-13-7-10(15(22)25-2)6-11(8-13)16(23)26-3/h6-8,12H,4-5,9H2,1-3H3,(H2,18,19,24)/t12-/m1/s1. The zero-order chi connectivity index (χ0) is 19.3. The molecule has 0 saturated carbocycles. The van der Waals surface area contributed by atoms with Gasteiger partial charge in [0.25, 0.3) is 0 Å². The van der Waals surface area contributed by atoms with E-state index in [0.29, 0.717) is 19.4 Å². The van der Waals surface area contributed by atoms with Crippen molar-refractivity contribution in [2.75, 3.05) is 33.1 Å². The highest BCUT2D eigenvalue weighted by Gasteiger charge is 2.24. The molecule has 1 aromatic carbocycles. The summed E-state index contributed by atoms with van der Waals surface area (Å²) in [4.78, 5) is 48.8. The Hall–Kier alpha value is -3.10. The lowest BCUT2D eigenvalue weighted by molar-refractivity contribution is -0.132. The average Bonchev–Trinajstić information content (AvgIpc) is 2.62. The SMILES string of the molecule is COC(=O)c1cc(NC(=O)N[C@@H]2CCC(=O)N(C)C2)cc(C(=O)OC)c1. The minimum Gasteiger partial charge on any atom is -0.465 e. The minimum atomic E-state index is -0.647. The van der Waals surface area contributed by atoms with Crippen molar-refractivity contribution in [3.05, 3.63) is 29.3 Å². The number of carbonyl (C=O) groups is 4. The van der Waals surface area contributed by atoms with Crippen molar-refractivity contribution in [2.45, 2.75) is 18.9 Å². The molecule has 0 radical (unpaired) electrons. The molecule has 0 aliphatic carbocycles. The van der Waals surface area contributed by atoms with Crippen molar-refractivity contribution < 1.29 is 28.7 Å². The predicted molar refractivity (Wildman–Crippen MR) is 91.9 cm³/mol. The van der Waals surface area contributed by atoms with E-state index in [1.54, 1.807) is 11.9 Å². The van der Waals surface area contributed by atoms with Crippen molar-refractivity contribution in [3.8, 4) is 0 Å². The second-order valence-corrected chi connectivity index (χ2v) is 5.89. The molecule has 1 atom stereocenters. The first kappa shape index (κ1) is 19.2. The van der Waals surface area contributed by atoms with Gasteiger partial charge >= 0.3 is 18.0 Å². The van der Waals surface area contributed by atoms with E-state index in [1.165, 1.54) is 32.4 Å². The number of hydrogen-bond donors (Lipinski definition) is 2. The molecule has 140 valence electrons. The predicted octanol–water partition coefficient (Wildman–Crippen LogP) is 1.00. The molecule has 26 heavy (non-hydrogen) atoms. The zero-order valence-electron chi connectivity index (χ0n) is 14.8. The summed E-state index contributed by atoms with van der Waals surface area (Å²) in [6.45, 7) is 0.419. The number of carbonyl (C=O) groups excluding carboxylic acids is 4. The Labute approximate surface area is 150 Å². The molecular weight excluding hydrogens is 342 g/mol. The van der Waals surface area contributed by atoms with Gasteiger partial charge in [-0.15, -0.1) is 0 Å². The largest absolute Gasteiger partial charge is 0.465 e. The third kappa shape index (κ3) is 4.71. The van der Waals surface area contributed by atoms with Gasteiger partial charge in [0.05, 0.1) is 25.3 Å². The maximum Gasteiger partial charge on any atom is 0.337 e. The van der Waals surface area contributed by atoms with Crippen molar-refractivity contribution in [1.82, 2.24) is 10.2 Å². The number of amides is 3. The number of piperidine rings is 1. The minimum absolute atomic E-state index is 0.0388. The van der Waals surface area contributed by atoms with E-state index in [2.05, 4.69) is 20.1 Å². The van der Waals surface area contributed by atoms with Crippen LogP contribution in [0, 0.1) is 0 Å².